The number of rotatable bonds is 6. The normalized spacial score (nSPS) is 10.9. The molecule has 1 aromatic heterocycles. The molecule has 1 aromatic rings. The van der Waals surface area contributed by atoms with Crippen LogP contribution >= 0.6 is 11.8 Å². The minimum Gasteiger partial charge on any atom is -0.462 e. The molecule has 0 spiro atoms. The van der Waals surface area contributed by atoms with Crippen molar-refractivity contribution in [2.75, 3.05) is 18.1 Å². The summed E-state index contributed by atoms with van der Waals surface area (Å²) in [5.74, 6) is 1.22. The number of aryl methyl sites for hydroxylation is 1. The van der Waals surface area contributed by atoms with Crippen molar-refractivity contribution in [2.24, 2.45) is 14.1 Å². The van der Waals surface area contributed by atoms with Crippen LogP contribution in [0.1, 0.15) is 12.5 Å². The summed E-state index contributed by atoms with van der Waals surface area (Å²) >= 11 is 1.68. The Balaban J connectivity index is 2.74. The van der Waals surface area contributed by atoms with Gasteiger partial charge in [0.05, 0.1) is 5.56 Å². The Morgan fingerprint density at radius 1 is 1.40 bits per heavy atom. The second kappa shape index (κ2) is 7.74. The van der Waals surface area contributed by atoms with Gasteiger partial charge in [0.15, 0.2) is 0 Å². The highest BCUT2D eigenvalue weighted by Gasteiger charge is 2.04. The van der Waals surface area contributed by atoms with E-state index in [-0.39, 0.29) is 5.56 Å². The molecule has 0 N–H and O–H groups in total. The third kappa shape index (κ3) is 4.41. The summed E-state index contributed by atoms with van der Waals surface area (Å²) in [5, 5.41) is 0. The van der Waals surface area contributed by atoms with Gasteiger partial charge in [0.1, 0.15) is 6.61 Å². The summed E-state index contributed by atoms with van der Waals surface area (Å²) in [6, 6.07) is 0. The zero-order valence-corrected chi connectivity index (χ0v) is 12.6. The van der Waals surface area contributed by atoms with Crippen LogP contribution in [-0.2, 0) is 23.6 Å². The fourth-order valence-corrected chi connectivity index (χ4v) is 1.99. The molecule has 0 bridgehead atoms. The first-order valence-electron chi connectivity index (χ1n) is 6.16. The third-order valence-corrected chi connectivity index (χ3v) is 3.41. The minimum atomic E-state index is -0.502. The Morgan fingerprint density at radius 2 is 2.10 bits per heavy atom. The van der Waals surface area contributed by atoms with E-state index in [2.05, 4.69) is 0 Å². The highest BCUT2D eigenvalue weighted by molar-refractivity contribution is 7.99. The Kier molecular flexibility index (Phi) is 6.30. The van der Waals surface area contributed by atoms with Crippen LogP contribution in [0.25, 0.3) is 6.08 Å². The van der Waals surface area contributed by atoms with E-state index in [1.807, 2.05) is 6.92 Å². The number of ether oxygens (including phenoxy) is 1. The molecule has 0 atom stereocenters. The van der Waals surface area contributed by atoms with Crippen molar-refractivity contribution in [3.63, 3.8) is 0 Å². The number of thioether (sulfide) groups is 1. The average Bonchev–Trinajstić information content (AvgIpc) is 2.43. The van der Waals surface area contributed by atoms with Gasteiger partial charge in [-0.1, -0.05) is 6.92 Å². The Bertz CT molecular complexity index is 616. The molecular formula is C13H18N2O4S. The molecule has 1 rings (SSSR count). The van der Waals surface area contributed by atoms with Gasteiger partial charge in [-0.3, -0.25) is 9.36 Å². The van der Waals surface area contributed by atoms with Gasteiger partial charge in [0, 0.05) is 32.1 Å². The number of hydrogen-bond acceptors (Lipinski definition) is 5. The quantitative estimate of drug-likeness (QED) is 0.432. The highest BCUT2D eigenvalue weighted by atomic mass is 32.2. The maximum atomic E-state index is 11.8. The lowest BCUT2D eigenvalue weighted by Crippen LogP contribution is -2.37. The van der Waals surface area contributed by atoms with Crippen molar-refractivity contribution in [1.82, 2.24) is 9.13 Å². The van der Waals surface area contributed by atoms with Gasteiger partial charge in [-0.05, 0) is 11.8 Å². The number of aromatic nitrogens is 2. The van der Waals surface area contributed by atoms with Crippen molar-refractivity contribution >= 4 is 23.8 Å². The van der Waals surface area contributed by atoms with Crippen LogP contribution in [0.15, 0.2) is 21.9 Å². The van der Waals surface area contributed by atoms with Gasteiger partial charge in [0.25, 0.3) is 5.56 Å². The topological polar surface area (TPSA) is 70.3 Å². The fraction of sp³-hybridized carbons (Fsp3) is 0.462. The van der Waals surface area contributed by atoms with Crippen LogP contribution in [0, 0.1) is 0 Å². The lowest BCUT2D eigenvalue weighted by atomic mass is 10.3. The summed E-state index contributed by atoms with van der Waals surface area (Å²) in [7, 11) is 2.93. The second-order valence-corrected chi connectivity index (χ2v) is 5.43. The molecule has 0 aromatic carbocycles. The number of carbonyl (C=O) groups excluding carboxylic acids is 1. The Morgan fingerprint density at radius 3 is 2.75 bits per heavy atom. The van der Waals surface area contributed by atoms with Crippen LogP contribution in [0.4, 0.5) is 0 Å². The van der Waals surface area contributed by atoms with Crippen LogP contribution < -0.4 is 11.2 Å². The first kappa shape index (κ1) is 16.3. The molecule has 7 heteroatoms. The molecule has 0 unspecified atom stereocenters. The largest absolute Gasteiger partial charge is 0.462 e. The highest BCUT2D eigenvalue weighted by Crippen LogP contribution is 1.98. The maximum absolute atomic E-state index is 11.8. The lowest BCUT2D eigenvalue weighted by Gasteiger charge is -2.03. The molecule has 0 saturated heterocycles. The van der Waals surface area contributed by atoms with E-state index >= 15 is 0 Å². The monoisotopic (exact) mass is 298 g/mol. The van der Waals surface area contributed by atoms with E-state index in [1.54, 1.807) is 18.8 Å². The summed E-state index contributed by atoms with van der Waals surface area (Å²) in [6.07, 6.45) is 3.94. The zero-order chi connectivity index (χ0) is 15.1. The van der Waals surface area contributed by atoms with Gasteiger partial charge in [-0.25, -0.2) is 9.59 Å². The van der Waals surface area contributed by atoms with Crippen LogP contribution in [0.2, 0.25) is 0 Å². The molecule has 20 heavy (non-hydrogen) atoms. The standard InChI is InChI=1S/C13H18N2O4S/c1-4-20-8-7-19-11(16)6-5-10-9-14(2)13(18)15(3)12(10)17/h5-6,9H,4,7-8H2,1-3H3/b6-5+. The average molecular weight is 298 g/mol. The molecule has 0 aliphatic rings. The van der Waals surface area contributed by atoms with Gasteiger partial charge in [-0.15, -0.1) is 0 Å². The van der Waals surface area contributed by atoms with Crippen LogP contribution in [0.3, 0.4) is 0 Å². The second-order valence-electron chi connectivity index (χ2n) is 4.04. The number of carbonyl (C=O) groups is 1. The van der Waals surface area contributed by atoms with Crippen LogP contribution in [-0.4, -0.2) is 33.2 Å². The molecule has 1 heterocycles. The van der Waals surface area contributed by atoms with Gasteiger partial charge >= 0.3 is 11.7 Å². The van der Waals surface area contributed by atoms with E-state index in [0.717, 1.165) is 16.1 Å². The van der Waals surface area contributed by atoms with Crippen molar-refractivity contribution in [3.8, 4) is 0 Å². The lowest BCUT2D eigenvalue weighted by molar-refractivity contribution is -0.137. The maximum Gasteiger partial charge on any atom is 0.330 e. The Hall–Kier alpha value is -1.76. The molecule has 0 amide bonds. The summed E-state index contributed by atoms with van der Waals surface area (Å²) < 4.78 is 7.24. The van der Waals surface area contributed by atoms with E-state index in [0.29, 0.717) is 6.61 Å². The zero-order valence-electron chi connectivity index (χ0n) is 11.8. The molecule has 0 saturated carbocycles. The third-order valence-electron chi connectivity index (χ3n) is 2.55. The SMILES string of the molecule is CCSCCOC(=O)/C=C/c1cn(C)c(=O)n(C)c1=O. The molecule has 0 aliphatic carbocycles. The van der Waals surface area contributed by atoms with Crippen LogP contribution in [0.5, 0.6) is 0 Å². The number of esters is 1. The summed E-state index contributed by atoms with van der Waals surface area (Å²) in [4.78, 5) is 34.7. The first-order valence-corrected chi connectivity index (χ1v) is 7.32. The van der Waals surface area contributed by atoms with E-state index in [1.165, 1.54) is 30.0 Å². The number of nitrogens with zero attached hydrogens (tertiary/aromatic N) is 2. The summed E-state index contributed by atoms with van der Waals surface area (Å²) in [6.45, 7) is 2.37. The van der Waals surface area contributed by atoms with Crippen molar-refractivity contribution in [2.45, 2.75) is 6.92 Å². The minimum absolute atomic E-state index is 0.259. The van der Waals surface area contributed by atoms with Crippen molar-refractivity contribution in [3.05, 3.63) is 38.7 Å². The predicted octanol–water partition coefficient (Wildman–Crippen LogP) is 0.393. The molecule has 110 valence electrons. The fourth-order valence-electron chi connectivity index (χ4n) is 1.50. The Labute approximate surface area is 121 Å². The molecule has 0 aliphatic heterocycles. The van der Waals surface area contributed by atoms with Gasteiger partial charge in [-0.2, -0.15) is 11.8 Å². The predicted molar refractivity (Wildman–Crippen MR) is 79.9 cm³/mol. The van der Waals surface area contributed by atoms with Gasteiger partial charge < -0.3 is 9.30 Å². The van der Waals surface area contributed by atoms with Crippen molar-refractivity contribution < 1.29 is 9.53 Å². The molecule has 0 radical (unpaired) electrons. The summed E-state index contributed by atoms with van der Waals surface area (Å²) in [5.41, 5.74) is -0.598. The number of hydrogen-bond donors (Lipinski definition) is 0. The van der Waals surface area contributed by atoms with Crippen molar-refractivity contribution in [1.29, 1.82) is 0 Å². The van der Waals surface area contributed by atoms with Gasteiger partial charge in [0.2, 0.25) is 0 Å². The van der Waals surface area contributed by atoms with E-state index in [4.69, 9.17) is 4.74 Å². The molecular weight excluding hydrogens is 280 g/mol. The van der Waals surface area contributed by atoms with E-state index in [9.17, 15) is 14.4 Å². The van der Waals surface area contributed by atoms with E-state index < -0.39 is 17.2 Å². The molecule has 0 fully saturated rings. The molecule has 6 nitrogen and oxygen atoms in total. The smallest absolute Gasteiger partial charge is 0.330 e. The first-order chi connectivity index (χ1) is 9.47.